The van der Waals surface area contributed by atoms with E-state index < -0.39 is 10.0 Å². The molecule has 1 aromatic carbocycles. The van der Waals surface area contributed by atoms with Crippen LogP contribution in [0.4, 0.5) is 0 Å². The standard InChI is InChI=1S/C12H15N3O2S/c13-7-8-15(9-5-6-9)12-10-3-1-2-4-11(10)18(16,17)14-12/h1-4,9H,5-8,13H2. The molecule has 1 aromatic rings. The molecule has 5 nitrogen and oxygen atoms in total. The van der Waals surface area contributed by atoms with Gasteiger partial charge in [0.15, 0.2) is 5.84 Å². The van der Waals surface area contributed by atoms with E-state index in [9.17, 15) is 8.42 Å². The molecule has 1 heterocycles. The van der Waals surface area contributed by atoms with Crippen molar-refractivity contribution in [2.24, 2.45) is 10.1 Å². The smallest absolute Gasteiger partial charge is 0.285 e. The fourth-order valence-electron chi connectivity index (χ4n) is 2.28. The highest BCUT2D eigenvalue weighted by molar-refractivity contribution is 7.90. The van der Waals surface area contributed by atoms with Gasteiger partial charge in [0.1, 0.15) is 4.90 Å². The van der Waals surface area contributed by atoms with Gasteiger partial charge in [-0.15, -0.1) is 4.40 Å². The summed E-state index contributed by atoms with van der Waals surface area (Å²) in [5.41, 5.74) is 6.31. The maximum Gasteiger partial charge on any atom is 0.285 e. The van der Waals surface area contributed by atoms with Crippen LogP contribution in [0.15, 0.2) is 33.6 Å². The number of nitrogens with two attached hydrogens (primary N) is 1. The molecule has 6 heteroatoms. The Morgan fingerprint density at radius 1 is 1.33 bits per heavy atom. The highest BCUT2D eigenvalue weighted by Crippen LogP contribution is 2.33. The Bertz CT molecular complexity index is 606. The third kappa shape index (κ3) is 1.81. The van der Waals surface area contributed by atoms with Crippen LogP contribution in [0, 0.1) is 0 Å². The molecule has 1 fully saturated rings. The topological polar surface area (TPSA) is 75.8 Å². The van der Waals surface area contributed by atoms with E-state index in [0.717, 1.165) is 12.8 Å². The van der Waals surface area contributed by atoms with Crippen molar-refractivity contribution >= 4 is 15.9 Å². The quantitative estimate of drug-likeness (QED) is 0.866. The summed E-state index contributed by atoms with van der Waals surface area (Å²) in [6.07, 6.45) is 2.17. The molecule has 2 N–H and O–H groups in total. The zero-order valence-corrected chi connectivity index (χ0v) is 10.7. The fourth-order valence-corrected chi connectivity index (χ4v) is 3.50. The highest BCUT2D eigenvalue weighted by atomic mass is 32.2. The first-order valence-corrected chi connectivity index (χ1v) is 7.48. The molecular formula is C12H15N3O2S. The Labute approximate surface area is 106 Å². The minimum absolute atomic E-state index is 0.308. The van der Waals surface area contributed by atoms with Gasteiger partial charge in [0.2, 0.25) is 0 Å². The molecule has 0 atom stereocenters. The largest absolute Gasteiger partial charge is 0.351 e. The molecule has 0 bridgehead atoms. The van der Waals surface area contributed by atoms with Gasteiger partial charge in [0.25, 0.3) is 10.0 Å². The fraction of sp³-hybridized carbons (Fsp3) is 0.417. The second-order valence-corrected chi connectivity index (χ2v) is 6.17. The summed E-state index contributed by atoms with van der Waals surface area (Å²) in [6, 6.07) is 7.37. The van der Waals surface area contributed by atoms with E-state index in [1.807, 2.05) is 17.0 Å². The normalized spacial score (nSPS) is 20.4. The lowest BCUT2D eigenvalue weighted by Crippen LogP contribution is -2.37. The number of hydrogen-bond acceptors (Lipinski definition) is 4. The number of hydrogen-bond donors (Lipinski definition) is 1. The van der Waals surface area contributed by atoms with Crippen molar-refractivity contribution in [3.8, 4) is 0 Å². The Morgan fingerprint density at radius 2 is 2.06 bits per heavy atom. The van der Waals surface area contributed by atoms with Crippen molar-refractivity contribution in [3.63, 3.8) is 0 Å². The molecule has 3 rings (SSSR count). The first-order chi connectivity index (χ1) is 8.63. The summed E-state index contributed by atoms with van der Waals surface area (Å²) in [5, 5.41) is 0. The van der Waals surface area contributed by atoms with Crippen molar-refractivity contribution in [1.29, 1.82) is 0 Å². The first-order valence-electron chi connectivity index (χ1n) is 6.04. The van der Waals surface area contributed by atoms with Gasteiger partial charge >= 0.3 is 0 Å². The average Bonchev–Trinajstić information content (AvgIpc) is 3.14. The second kappa shape index (κ2) is 4.07. The predicted molar refractivity (Wildman–Crippen MR) is 68.9 cm³/mol. The molecule has 0 spiro atoms. The molecule has 0 saturated heterocycles. The monoisotopic (exact) mass is 265 g/mol. The highest BCUT2D eigenvalue weighted by Gasteiger charge is 2.37. The summed E-state index contributed by atoms with van der Waals surface area (Å²) in [7, 11) is -3.52. The van der Waals surface area contributed by atoms with Gasteiger partial charge in [-0.1, -0.05) is 12.1 Å². The van der Waals surface area contributed by atoms with Gasteiger partial charge in [-0.25, -0.2) is 0 Å². The third-order valence-corrected chi connectivity index (χ3v) is 4.57. The first kappa shape index (κ1) is 11.7. The van der Waals surface area contributed by atoms with Gasteiger partial charge in [-0.05, 0) is 25.0 Å². The van der Waals surface area contributed by atoms with Crippen molar-refractivity contribution in [2.45, 2.75) is 23.8 Å². The van der Waals surface area contributed by atoms with Crippen LogP contribution in [0.5, 0.6) is 0 Å². The molecule has 0 aromatic heterocycles. The van der Waals surface area contributed by atoms with E-state index >= 15 is 0 Å². The molecule has 1 saturated carbocycles. The Kier molecular flexibility index (Phi) is 2.64. The number of fused-ring (bicyclic) bond motifs is 1. The van der Waals surface area contributed by atoms with Crippen molar-refractivity contribution < 1.29 is 8.42 Å². The van der Waals surface area contributed by atoms with Gasteiger partial charge < -0.3 is 10.6 Å². The zero-order chi connectivity index (χ0) is 12.8. The van der Waals surface area contributed by atoms with E-state index in [0.29, 0.717) is 35.4 Å². The molecule has 96 valence electrons. The minimum atomic E-state index is -3.52. The van der Waals surface area contributed by atoms with Gasteiger partial charge in [0.05, 0.1) is 0 Å². The predicted octanol–water partition coefficient (Wildman–Crippen LogP) is 0.559. The van der Waals surface area contributed by atoms with Crippen LogP contribution in [0.25, 0.3) is 0 Å². The summed E-state index contributed by atoms with van der Waals surface area (Å²) >= 11 is 0. The van der Waals surface area contributed by atoms with Crippen LogP contribution in [0.1, 0.15) is 18.4 Å². The summed E-state index contributed by atoms with van der Waals surface area (Å²) in [4.78, 5) is 2.34. The molecule has 0 radical (unpaired) electrons. The number of sulfonamides is 1. The van der Waals surface area contributed by atoms with E-state index in [4.69, 9.17) is 5.73 Å². The van der Waals surface area contributed by atoms with Crippen LogP contribution in [0.2, 0.25) is 0 Å². The number of rotatable bonds is 3. The van der Waals surface area contributed by atoms with Crippen molar-refractivity contribution in [1.82, 2.24) is 4.90 Å². The third-order valence-electron chi connectivity index (χ3n) is 3.24. The summed E-state index contributed by atoms with van der Waals surface area (Å²) in [5.74, 6) is 0.568. The van der Waals surface area contributed by atoms with Crippen molar-refractivity contribution in [2.75, 3.05) is 13.1 Å². The molecule has 1 aliphatic carbocycles. The second-order valence-electron chi connectivity index (χ2n) is 4.60. The van der Waals surface area contributed by atoms with E-state index in [-0.39, 0.29) is 0 Å². The Hall–Kier alpha value is -1.40. The van der Waals surface area contributed by atoms with E-state index in [2.05, 4.69) is 4.40 Å². The molecule has 1 aliphatic heterocycles. The number of nitrogens with zero attached hydrogens (tertiary/aromatic N) is 2. The molecule has 2 aliphatic rings. The molecule has 0 amide bonds. The van der Waals surface area contributed by atoms with Crippen LogP contribution in [-0.2, 0) is 10.0 Å². The molecule has 0 unspecified atom stereocenters. The summed E-state index contributed by atoms with van der Waals surface area (Å²) in [6.45, 7) is 1.14. The van der Waals surface area contributed by atoms with E-state index in [1.54, 1.807) is 12.1 Å². The van der Waals surface area contributed by atoms with Gasteiger partial charge in [-0.3, -0.25) is 0 Å². The van der Waals surface area contributed by atoms with Crippen LogP contribution in [0.3, 0.4) is 0 Å². The number of benzene rings is 1. The Morgan fingerprint density at radius 3 is 2.72 bits per heavy atom. The minimum Gasteiger partial charge on any atom is -0.351 e. The van der Waals surface area contributed by atoms with Crippen LogP contribution in [-0.4, -0.2) is 38.3 Å². The van der Waals surface area contributed by atoms with Gasteiger partial charge in [-0.2, -0.15) is 8.42 Å². The number of amidine groups is 1. The van der Waals surface area contributed by atoms with Crippen LogP contribution < -0.4 is 5.73 Å². The van der Waals surface area contributed by atoms with Gasteiger partial charge in [0, 0.05) is 24.7 Å². The average molecular weight is 265 g/mol. The van der Waals surface area contributed by atoms with Crippen molar-refractivity contribution in [3.05, 3.63) is 29.8 Å². The van der Waals surface area contributed by atoms with Crippen LogP contribution >= 0.6 is 0 Å². The SMILES string of the molecule is NCCN(C1=NS(=O)(=O)c2ccccc21)C1CC1. The van der Waals surface area contributed by atoms with E-state index in [1.165, 1.54) is 0 Å². The summed E-state index contributed by atoms with van der Waals surface area (Å²) < 4.78 is 27.9. The lowest BCUT2D eigenvalue weighted by molar-refractivity contribution is 0.421. The Balaban J connectivity index is 2.07. The maximum atomic E-state index is 12.0. The lowest BCUT2D eigenvalue weighted by atomic mass is 10.2. The lowest BCUT2D eigenvalue weighted by Gasteiger charge is -2.23. The molecular weight excluding hydrogens is 250 g/mol. The zero-order valence-electron chi connectivity index (χ0n) is 9.91. The maximum absolute atomic E-state index is 12.0. The molecule has 18 heavy (non-hydrogen) atoms.